The summed E-state index contributed by atoms with van der Waals surface area (Å²) in [6.07, 6.45) is 7.06. The van der Waals surface area contributed by atoms with E-state index >= 15 is 0 Å². The second kappa shape index (κ2) is 4.97. The van der Waals surface area contributed by atoms with Crippen LogP contribution in [0.2, 0.25) is 0 Å². The number of hydrogen-bond donors (Lipinski definition) is 0. The van der Waals surface area contributed by atoms with E-state index in [-0.39, 0.29) is 0 Å². The zero-order chi connectivity index (χ0) is 10.7. The van der Waals surface area contributed by atoms with Gasteiger partial charge in [-0.25, -0.2) is 4.98 Å². The molecule has 0 saturated heterocycles. The molecule has 2 nitrogen and oxygen atoms in total. The van der Waals surface area contributed by atoms with Gasteiger partial charge in [0.15, 0.2) is 0 Å². The Kier molecular flexibility index (Phi) is 3.62. The lowest BCUT2D eigenvalue weighted by molar-refractivity contribution is 0.704. The fourth-order valence-corrected chi connectivity index (χ4v) is 1.97. The summed E-state index contributed by atoms with van der Waals surface area (Å²) in [7, 11) is 0. The van der Waals surface area contributed by atoms with Crippen LogP contribution in [0.5, 0.6) is 0 Å². The topological polar surface area (TPSA) is 16.1 Å². The molecule has 82 valence electrons. The van der Waals surface area contributed by atoms with Crippen LogP contribution in [0.25, 0.3) is 0 Å². The highest BCUT2D eigenvalue weighted by Gasteiger charge is 2.29. The molecule has 1 aliphatic carbocycles. The Balaban J connectivity index is 2.06. The number of pyridine rings is 1. The van der Waals surface area contributed by atoms with E-state index < -0.39 is 0 Å². The van der Waals surface area contributed by atoms with E-state index in [1.807, 2.05) is 6.20 Å². The lowest BCUT2D eigenvalue weighted by atomic mass is 10.3. The fraction of sp³-hybridized carbons (Fsp3) is 0.583. The predicted octanol–water partition coefficient (Wildman–Crippen LogP) is 3.61. The summed E-state index contributed by atoms with van der Waals surface area (Å²) in [5.74, 6) is 1.13. The molecule has 0 radical (unpaired) electrons. The minimum Gasteiger partial charge on any atom is -0.354 e. The van der Waals surface area contributed by atoms with E-state index in [2.05, 4.69) is 44.9 Å². The minimum absolute atomic E-state index is 0.755. The van der Waals surface area contributed by atoms with Gasteiger partial charge in [0.1, 0.15) is 5.82 Å². The lowest BCUT2D eigenvalue weighted by Gasteiger charge is -2.23. The summed E-state index contributed by atoms with van der Waals surface area (Å²) < 4.78 is 1.05. The first-order chi connectivity index (χ1) is 7.31. The van der Waals surface area contributed by atoms with Gasteiger partial charge in [0.25, 0.3) is 0 Å². The van der Waals surface area contributed by atoms with E-state index in [1.165, 1.54) is 25.7 Å². The zero-order valence-corrected chi connectivity index (χ0v) is 10.7. The second-order valence-corrected chi connectivity index (χ2v) is 5.03. The smallest absolute Gasteiger partial charge is 0.128 e. The van der Waals surface area contributed by atoms with Gasteiger partial charge in [-0.3, -0.25) is 0 Å². The van der Waals surface area contributed by atoms with Gasteiger partial charge in [-0.05, 0) is 47.3 Å². The van der Waals surface area contributed by atoms with Crippen LogP contribution in [0.15, 0.2) is 22.8 Å². The third-order valence-corrected chi connectivity index (χ3v) is 3.22. The SMILES string of the molecule is CCCCN(c1ccc(Br)cn1)C1CC1. The average molecular weight is 269 g/mol. The van der Waals surface area contributed by atoms with Gasteiger partial charge in [-0.15, -0.1) is 0 Å². The van der Waals surface area contributed by atoms with Crippen LogP contribution in [-0.4, -0.2) is 17.6 Å². The number of anilines is 1. The van der Waals surface area contributed by atoms with Gasteiger partial charge in [0, 0.05) is 23.3 Å². The Morgan fingerprint density at radius 1 is 1.47 bits per heavy atom. The van der Waals surface area contributed by atoms with Gasteiger partial charge in [0.05, 0.1) is 0 Å². The normalized spacial score (nSPS) is 15.3. The molecule has 0 bridgehead atoms. The van der Waals surface area contributed by atoms with E-state index in [0.29, 0.717) is 0 Å². The zero-order valence-electron chi connectivity index (χ0n) is 9.12. The van der Waals surface area contributed by atoms with Crippen LogP contribution in [0.1, 0.15) is 32.6 Å². The molecular weight excluding hydrogens is 252 g/mol. The number of halogens is 1. The first-order valence-electron chi connectivity index (χ1n) is 5.69. The highest BCUT2D eigenvalue weighted by Crippen LogP contribution is 2.31. The number of unbranched alkanes of at least 4 members (excludes halogenated alkanes) is 1. The first kappa shape index (κ1) is 10.9. The molecule has 1 heterocycles. The van der Waals surface area contributed by atoms with Crippen LogP contribution >= 0.6 is 15.9 Å². The minimum atomic E-state index is 0.755. The molecule has 0 atom stereocenters. The Bertz CT molecular complexity index is 306. The number of rotatable bonds is 5. The number of aromatic nitrogens is 1. The highest BCUT2D eigenvalue weighted by molar-refractivity contribution is 9.10. The van der Waals surface area contributed by atoms with Crippen molar-refractivity contribution in [3.8, 4) is 0 Å². The summed E-state index contributed by atoms with van der Waals surface area (Å²) in [5.41, 5.74) is 0. The van der Waals surface area contributed by atoms with Crippen molar-refractivity contribution in [3.05, 3.63) is 22.8 Å². The molecule has 1 aromatic rings. The Morgan fingerprint density at radius 2 is 2.27 bits per heavy atom. The number of hydrogen-bond acceptors (Lipinski definition) is 2. The molecule has 0 N–H and O–H groups in total. The first-order valence-corrected chi connectivity index (χ1v) is 6.48. The van der Waals surface area contributed by atoms with Gasteiger partial charge < -0.3 is 4.90 Å². The lowest BCUT2D eigenvalue weighted by Crippen LogP contribution is -2.27. The fourth-order valence-electron chi connectivity index (χ4n) is 1.74. The summed E-state index contributed by atoms with van der Waals surface area (Å²) in [6.45, 7) is 3.38. The third-order valence-electron chi connectivity index (χ3n) is 2.75. The molecular formula is C12H17BrN2. The maximum absolute atomic E-state index is 4.47. The summed E-state index contributed by atoms with van der Waals surface area (Å²) in [6, 6.07) is 4.94. The molecule has 1 fully saturated rings. The van der Waals surface area contributed by atoms with Crippen molar-refractivity contribution in [2.24, 2.45) is 0 Å². The van der Waals surface area contributed by atoms with Crippen molar-refractivity contribution in [1.82, 2.24) is 4.98 Å². The molecule has 0 aliphatic heterocycles. The molecule has 1 aliphatic rings. The maximum Gasteiger partial charge on any atom is 0.128 e. The molecule has 1 saturated carbocycles. The maximum atomic E-state index is 4.47. The van der Waals surface area contributed by atoms with Crippen LogP contribution in [0.4, 0.5) is 5.82 Å². The third kappa shape index (κ3) is 2.94. The Morgan fingerprint density at radius 3 is 2.80 bits per heavy atom. The number of nitrogens with zero attached hydrogens (tertiary/aromatic N) is 2. The molecule has 1 aromatic heterocycles. The van der Waals surface area contributed by atoms with E-state index in [1.54, 1.807) is 0 Å². The second-order valence-electron chi connectivity index (χ2n) is 4.11. The largest absolute Gasteiger partial charge is 0.354 e. The van der Waals surface area contributed by atoms with Crippen LogP contribution in [0.3, 0.4) is 0 Å². The van der Waals surface area contributed by atoms with E-state index in [9.17, 15) is 0 Å². The van der Waals surface area contributed by atoms with Crippen molar-refractivity contribution in [3.63, 3.8) is 0 Å². The highest BCUT2D eigenvalue weighted by atomic mass is 79.9. The van der Waals surface area contributed by atoms with Crippen molar-refractivity contribution < 1.29 is 0 Å². The van der Waals surface area contributed by atoms with Crippen LogP contribution < -0.4 is 4.90 Å². The summed E-state index contributed by atoms with van der Waals surface area (Å²) >= 11 is 3.42. The molecule has 0 spiro atoms. The van der Waals surface area contributed by atoms with Crippen molar-refractivity contribution in [2.45, 2.75) is 38.6 Å². The molecule has 0 unspecified atom stereocenters. The quantitative estimate of drug-likeness (QED) is 0.811. The van der Waals surface area contributed by atoms with Gasteiger partial charge in [0.2, 0.25) is 0 Å². The van der Waals surface area contributed by atoms with E-state index in [4.69, 9.17) is 0 Å². The molecule has 3 heteroatoms. The van der Waals surface area contributed by atoms with Crippen molar-refractivity contribution in [1.29, 1.82) is 0 Å². The summed E-state index contributed by atoms with van der Waals surface area (Å²) in [4.78, 5) is 6.93. The van der Waals surface area contributed by atoms with Gasteiger partial charge in [-0.1, -0.05) is 13.3 Å². The Hall–Kier alpha value is -0.570. The predicted molar refractivity (Wildman–Crippen MR) is 67.2 cm³/mol. The molecule has 2 rings (SSSR count). The van der Waals surface area contributed by atoms with Crippen molar-refractivity contribution >= 4 is 21.7 Å². The van der Waals surface area contributed by atoms with Gasteiger partial charge >= 0.3 is 0 Å². The van der Waals surface area contributed by atoms with Crippen LogP contribution in [-0.2, 0) is 0 Å². The molecule has 0 aromatic carbocycles. The summed E-state index contributed by atoms with van der Waals surface area (Å²) in [5, 5.41) is 0. The Labute approximate surface area is 99.8 Å². The average Bonchev–Trinajstić information content (AvgIpc) is 3.05. The van der Waals surface area contributed by atoms with Crippen molar-refractivity contribution in [2.75, 3.05) is 11.4 Å². The van der Waals surface area contributed by atoms with Crippen LogP contribution in [0, 0.1) is 0 Å². The van der Waals surface area contributed by atoms with E-state index in [0.717, 1.165) is 22.9 Å². The standard InChI is InChI=1S/C12H17BrN2/c1-2-3-8-15(11-5-6-11)12-7-4-10(13)9-14-12/h4,7,9,11H,2-3,5-6,8H2,1H3. The molecule has 15 heavy (non-hydrogen) atoms. The monoisotopic (exact) mass is 268 g/mol. The van der Waals surface area contributed by atoms with Gasteiger partial charge in [-0.2, -0.15) is 0 Å². The molecule has 0 amide bonds.